The highest BCUT2D eigenvalue weighted by molar-refractivity contribution is 5.98. The summed E-state index contributed by atoms with van der Waals surface area (Å²) >= 11 is 0. The maximum atomic E-state index is 11.6. The van der Waals surface area contributed by atoms with Gasteiger partial charge in [0, 0.05) is 12.7 Å². The Hall–Kier alpha value is -2.32. The molecule has 0 amide bonds. The number of nitrogens with zero attached hydrogens (tertiary/aromatic N) is 1. The Morgan fingerprint density at radius 3 is 2.68 bits per heavy atom. The second-order valence-corrected chi connectivity index (χ2v) is 3.54. The van der Waals surface area contributed by atoms with Crippen LogP contribution in [0.25, 0.3) is 6.08 Å². The van der Waals surface area contributed by atoms with Gasteiger partial charge in [-0.3, -0.25) is 0 Å². The van der Waals surface area contributed by atoms with Crippen LogP contribution >= 0.6 is 0 Å². The Morgan fingerprint density at radius 1 is 1.32 bits per heavy atom. The van der Waals surface area contributed by atoms with Crippen LogP contribution in [0.1, 0.15) is 5.56 Å². The van der Waals surface area contributed by atoms with Crippen molar-refractivity contribution in [2.45, 2.75) is 0 Å². The largest absolute Gasteiger partial charge is 0.496 e. The molecule has 1 aromatic carbocycles. The van der Waals surface area contributed by atoms with Gasteiger partial charge >= 0.3 is 5.97 Å². The lowest BCUT2D eigenvalue weighted by atomic mass is 10.1. The van der Waals surface area contributed by atoms with Crippen LogP contribution in [0.3, 0.4) is 0 Å². The van der Waals surface area contributed by atoms with Crippen molar-refractivity contribution in [3.63, 3.8) is 0 Å². The lowest BCUT2D eigenvalue weighted by molar-refractivity contribution is -0.139. The zero-order valence-electron chi connectivity index (χ0n) is 10.9. The highest BCUT2D eigenvalue weighted by Crippen LogP contribution is 2.20. The number of carbonyl (C=O) groups is 1. The van der Waals surface area contributed by atoms with Crippen LogP contribution in [0.5, 0.6) is 5.75 Å². The van der Waals surface area contributed by atoms with Crippen LogP contribution in [-0.2, 0) is 14.3 Å². The average molecular weight is 261 g/mol. The van der Waals surface area contributed by atoms with Crippen LogP contribution in [0.2, 0.25) is 0 Å². The van der Waals surface area contributed by atoms with Gasteiger partial charge in [0.2, 0.25) is 0 Å². The molecule has 0 N–H and O–H groups in total. The average Bonchev–Trinajstić information content (AvgIpc) is 2.45. The van der Waals surface area contributed by atoms with Crippen LogP contribution in [0, 0.1) is 11.3 Å². The van der Waals surface area contributed by atoms with Gasteiger partial charge in [-0.05, 0) is 12.1 Å². The van der Waals surface area contributed by atoms with E-state index in [2.05, 4.69) is 0 Å². The summed E-state index contributed by atoms with van der Waals surface area (Å²) in [6.07, 6.45) is 1.44. The van der Waals surface area contributed by atoms with Crippen molar-refractivity contribution in [1.29, 1.82) is 5.26 Å². The van der Waals surface area contributed by atoms with Crippen LogP contribution in [-0.4, -0.2) is 33.4 Å². The number of methoxy groups -OCH3 is 2. The lowest BCUT2D eigenvalue weighted by Crippen LogP contribution is -2.11. The molecule has 0 saturated carbocycles. The maximum Gasteiger partial charge on any atom is 0.348 e. The Bertz CT molecular complexity index is 502. The highest BCUT2D eigenvalue weighted by Gasteiger charge is 2.11. The molecule has 0 spiro atoms. The number of hydrogen-bond acceptors (Lipinski definition) is 5. The normalized spacial score (nSPS) is 10.7. The smallest absolute Gasteiger partial charge is 0.348 e. The van der Waals surface area contributed by atoms with E-state index in [-0.39, 0.29) is 12.2 Å². The molecule has 19 heavy (non-hydrogen) atoms. The van der Waals surface area contributed by atoms with E-state index in [0.29, 0.717) is 17.9 Å². The van der Waals surface area contributed by atoms with E-state index in [4.69, 9.17) is 19.5 Å². The molecule has 0 radical (unpaired) electrons. The standard InChI is InChI=1S/C14H15NO4/c1-17-7-8-19-14(16)12(10-15)9-11-5-3-4-6-13(11)18-2/h3-6,9H,7-8H2,1-2H3/b12-9+. The molecule has 5 heteroatoms. The summed E-state index contributed by atoms with van der Waals surface area (Å²) in [5.74, 6) is -0.0922. The molecule has 0 aliphatic carbocycles. The maximum absolute atomic E-state index is 11.6. The second-order valence-electron chi connectivity index (χ2n) is 3.54. The van der Waals surface area contributed by atoms with Gasteiger partial charge in [0.15, 0.2) is 0 Å². The van der Waals surface area contributed by atoms with Gasteiger partial charge in [0.25, 0.3) is 0 Å². The van der Waals surface area contributed by atoms with Gasteiger partial charge in [-0.2, -0.15) is 5.26 Å². The topological polar surface area (TPSA) is 68.5 Å². The van der Waals surface area contributed by atoms with Gasteiger partial charge in [-0.25, -0.2) is 4.79 Å². The number of esters is 1. The first kappa shape index (κ1) is 14.7. The summed E-state index contributed by atoms with van der Waals surface area (Å²) in [5.41, 5.74) is 0.561. The van der Waals surface area contributed by atoms with Gasteiger partial charge in [0.05, 0.1) is 13.7 Å². The van der Waals surface area contributed by atoms with E-state index in [1.807, 2.05) is 6.07 Å². The third-order valence-corrected chi connectivity index (χ3v) is 2.30. The minimum atomic E-state index is -0.676. The molecule has 0 aliphatic rings. The minimum Gasteiger partial charge on any atom is -0.496 e. The van der Waals surface area contributed by atoms with Crippen LogP contribution in [0.4, 0.5) is 0 Å². The van der Waals surface area contributed by atoms with Crippen molar-refractivity contribution in [2.75, 3.05) is 27.4 Å². The van der Waals surface area contributed by atoms with Gasteiger partial charge < -0.3 is 14.2 Å². The third-order valence-electron chi connectivity index (χ3n) is 2.30. The fourth-order valence-electron chi connectivity index (χ4n) is 1.37. The van der Waals surface area contributed by atoms with E-state index < -0.39 is 5.97 Å². The second kappa shape index (κ2) is 7.90. The number of nitriles is 1. The van der Waals surface area contributed by atoms with Crippen molar-refractivity contribution in [3.05, 3.63) is 35.4 Å². The number of carbonyl (C=O) groups excluding carboxylic acids is 1. The number of para-hydroxylation sites is 1. The predicted octanol–water partition coefficient (Wildman–Crippen LogP) is 1.79. The minimum absolute atomic E-state index is 0.0828. The van der Waals surface area contributed by atoms with Crippen molar-refractivity contribution < 1.29 is 19.0 Å². The molecule has 5 nitrogen and oxygen atoms in total. The van der Waals surface area contributed by atoms with Crippen molar-refractivity contribution in [2.24, 2.45) is 0 Å². The summed E-state index contributed by atoms with van der Waals surface area (Å²) in [7, 11) is 3.03. The molecule has 0 bridgehead atoms. The molecule has 0 fully saturated rings. The molecular weight excluding hydrogens is 246 g/mol. The van der Waals surface area contributed by atoms with E-state index in [1.165, 1.54) is 20.3 Å². The molecule has 0 aromatic heterocycles. The molecule has 100 valence electrons. The summed E-state index contributed by atoms with van der Waals surface area (Å²) in [6, 6.07) is 8.91. The van der Waals surface area contributed by atoms with Gasteiger partial charge in [-0.1, -0.05) is 18.2 Å². The fourth-order valence-corrected chi connectivity index (χ4v) is 1.37. The molecular formula is C14H15NO4. The van der Waals surface area contributed by atoms with Gasteiger partial charge in [0.1, 0.15) is 24.0 Å². The van der Waals surface area contributed by atoms with Crippen LogP contribution < -0.4 is 4.74 Å². The third kappa shape index (κ3) is 4.45. The predicted molar refractivity (Wildman–Crippen MR) is 69.4 cm³/mol. The van der Waals surface area contributed by atoms with Crippen molar-refractivity contribution in [1.82, 2.24) is 0 Å². The Balaban J connectivity index is 2.87. The van der Waals surface area contributed by atoms with E-state index >= 15 is 0 Å². The zero-order valence-corrected chi connectivity index (χ0v) is 10.9. The van der Waals surface area contributed by atoms with E-state index in [9.17, 15) is 4.79 Å². The van der Waals surface area contributed by atoms with Gasteiger partial charge in [-0.15, -0.1) is 0 Å². The molecule has 1 rings (SSSR count). The van der Waals surface area contributed by atoms with Crippen LogP contribution in [0.15, 0.2) is 29.8 Å². The number of rotatable bonds is 6. The monoisotopic (exact) mass is 261 g/mol. The first-order valence-electron chi connectivity index (χ1n) is 5.63. The van der Waals surface area contributed by atoms with E-state index in [1.54, 1.807) is 24.3 Å². The molecule has 1 aromatic rings. The summed E-state index contributed by atoms with van der Waals surface area (Å²) in [4.78, 5) is 11.6. The van der Waals surface area contributed by atoms with E-state index in [0.717, 1.165) is 0 Å². The number of hydrogen-bond donors (Lipinski definition) is 0. The summed E-state index contributed by atoms with van der Waals surface area (Å²) in [5, 5.41) is 8.99. The van der Waals surface area contributed by atoms with Crippen molar-refractivity contribution >= 4 is 12.0 Å². The first-order valence-corrected chi connectivity index (χ1v) is 5.63. The number of ether oxygens (including phenoxy) is 3. The summed E-state index contributed by atoms with van der Waals surface area (Å²) in [6.45, 7) is 0.402. The zero-order chi connectivity index (χ0) is 14.1. The van der Waals surface area contributed by atoms with Crippen molar-refractivity contribution in [3.8, 4) is 11.8 Å². The molecule has 0 aliphatic heterocycles. The quantitative estimate of drug-likeness (QED) is 0.338. The molecule has 0 saturated heterocycles. The Morgan fingerprint density at radius 2 is 2.05 bits per heavy atom. The summed E-state index contributed by atoms with van der Waals surface area (Å²) < 4.78 is 14.8. The lowest BCUT2D eigenvalue weighted by Gasteiger charge is -2.05. The molecule has 0 atom stereocenters. The Labute approximate surface area is 112 Å². The first-order chi connectivity index (χ1) is 9.22. The molecule has 0 unspecified atom stereocenters. The number of benzene rings is 1. The SMILES string of the molecule is COCCOC(=O)/C(C#N)=C/c1ccccc1OC. The highest BCUT2D eigenvalue weighted by atomic mass is 16.6. The fraction of sp³-hybridized carbons (Fsp3) is 0.286. The molecule has 0 heterocycles. The Kier molecular flexibility index (Phi) is 6.13.